The summed E-state index contributed by atoms with van der Waals surface area (Å²) in [5, 5.41) is 11.9. The quantitative estimate of drug-likeness (QED) is 0.726. The van der Waals surface area contributed by atoms with Gasteiger partial charge in [0.25, 0.3) is 11.8 Å². The van der Waals surface area contributed by atoms with E-state index in [2.05, 4.69) is 21.0 Å². The Kier molecular flexibility index (Phi) is 5.89. The molecule has 132 valence electrons. The smallest absolute Gasteiger partial charge is 0.269 e. The number of anilines is 1. The van der Waals surface area contributed by atoms with Crippen LogP contribution < -0.4 is 16.0 Å². The molecule has 1 aromatic carbocycles. The van der Waals surface area contributed by atoms with Crippen molar-refractivity contribution in [2.75, 3.05) is 18.9 Å². The van der Waals surface area contributed by atoms with Crippen LogP contribution in [0.2, 0.25) is 0 Å². The molecule has 0 spiro atoms. The standard InChI is InChI=1S/C17H21N5O3/c1-4-22-14(8-11(2)21-22)17(25)19-10-15(23)20-13-7-5-6-12(9-13)16(24)18-3/h5-9H,4,10H2,1-3H3,(H,18,24)(H,19,25)(H,20,23). The molecule has 0 aliphatic heterocycles. The lowest BCUT2D eigenvalue weighted by Gasteiger charge is -2.09. The van der Waals surface area contributed by atoms with Gasteiger partial charge >= 0.3 is 0 Å². The van der Waals surface area contributed by atoms with Crippen LogP contribution in [0.25, 0.3) is 0 Å². The first-order valence-corrected chi connectivity index (χ1v) is 7.89. The van der Waals surface area contributed by atoms with E-state index < -0.39 is 0 Å². The number of nitrogens with zero attached hydrogens (tertiary/aromatic N) is 2. The molecular formula is C17H21N5O3. The fourth-order valence-electron chi connectivity index (χ4n) is 2.31. The Hall–Kier alpha value is -3.16. The van der Waals surface area contributed by atoms with E-state index in [9.17, 15) is 14.4 Å². The Morgan fingerprint density at radius 3 is 2.60 bits per heavy atom. The SMILES string of the molecule is CCn1nc(C)cc1C(=O)NCC(=O)Nc1cccc(C(=O)NC)c1. The maximum atomic E-state index is 12.2. The number of benzene rings is 1. The maximum absolute atomic E-state index is 12.2. The van der Waals surface area contributed by atoms with Crippen LogP contribution >= 0.6 is 0 Å². The largest absolute Gasteiger partial charge is 0.355 e. The van der Waals surface area contributed by atoms with Gasteiger partial charge in [0.2, 0.25) is 5.91 Å². The zero-order chi connectivity index (χ0) is 18.4. The van der Waals surface area contributed by atoms with Gasteiger partial charge in [0.05, 0.1) is 12.2 Å². The molecule has 0 unspecified atom stereocenters. The summed E-state index contributed by atoms with van der Waals surface area (Å²) in [6.45, 7) is 4.07. The number of hydrogen-bond acceptors (Lipinski definition) is 4. The minimum Gasteiger partial charge on any atom is -0.355 e. The van der Waals surface area contributed by atoms with Crippen molar-refractivity contribution in [3.05, 3.63) is 47.3 Å². The molecule has 8 nitrogen and oxygen atoms in total. The predicted octanol–water partition coefficient (Wildman–Crippen LogP) is 0.940. The van der Waals surface area contributed by atoms with E-state index in [0.717, 1.165) is 5.69 Å². The number of carbonyl (C=O) groups excluding carboxylic acids is 3. The number of aryl methyl sites for hydroxylation is 2. The average Bonchev–Trinajstić information content (AvgIpc) is 3.00. The molecule has 3 amide bonds. The van der Waals surface area contributed by atoms with Gasteiger partial charge in [-0.15, -0.1) is 0 Å². The summed E-state index contributed by atoms with van der Waals surface area (Å²) in [6.07, 6.45) is 0. The summed E-state index contributed by atoms with van der Waals surface area (Å²) in [5.41, 5.74) is 2.07. The topological polar surface area (TPSA) is 105 Å². The number of rotatable bonds is 6. The molecule has 0 radical (unpaired) electrons. The first-order chi connectivity index (χ1) is 11.9. The molecule has 0 atom stereocenters. The Morgan fingerprint density at radius 2 is 1.92 bits per heavy atom. The van der Waals surface area contributed by atoms with E-state index in [-0.39, 0.29) is 24.3 Å². The van der Waals surface area contributed by atoms with E-state index in [1.165, 1.54) is 7.05 Å². The van der Waals surface area contributed by atoms with Crippen LogP contribution in [-0.4, -0.2) is 41.1 Å². The van der Waals surface area contributed by atoms with E-state index in [4.69, 9.17) is 0 Å². The van der Waals surface area contributed by atoms with Crippen molar-refractivity contribution in [3.8, 4) is 0 Å². The van der Waals surface area contributed by atoms with Gasteiger partial charge < -0.3 is 16.0 Å². The van der Waals surface area contributed by atoms with Crippen LogP contribution in [0.3, 0.4) is 0 Å². The van der Waals surface area contributed by atoms with E-state index in [1.807, 2.05) is 6.92 Å². The third-order valence-corrected chi connectivity index (χ3v) is 3.48. The van der Waals surface area contributed by atoms with Gasteiger partial charge in [0, 0.05) is 24.8 Å². The van der Waals surface area contributed by atoms with E-state index in [0.29, 0.717) is 23.5 Å². The first kappa shape index (κ1) is 18.2. The van der Waals surface area contributed by atoms with Crippen molar-refractivity contribution < 1.29 is 14.4 Å². The molecular weight excluding hydrogens is 322 g/mol. The third-order valence-electron chi connectivity index (χ3n) is 3.48. The minimum absolute atomic E-state index is 0.184. The summed E-state index contributed by atoms with van der Waals surface area (Å²) >= 11 is 0. The molecule has 2 rings (SSSR count). The van der Waals surface area contributed by atoms with E-state index in [1.54, 1.807) is 41.9 Å². The zero-order valence-corrected chi connectivity index (χ0v) is 14.4. The van der Waals surface area contributed by atoms with Crippen LogP contribution in [0.15, 0.2) is 30.3 Å². The number of amides is 3. The van der Waals surface area contributed by atoms with Crippen molar-refractivity contribution in [1.82, 2.24) is 20.4 Å². The van der Waals surface area contributed by atoms with Crippen molar-refractivity contribution in [1.29, 1.82) is 0 Å². The van der Waals surface area contributed by atoms with Gasteiger partial charge in [-0.3, -0.25) is 19.1 Å². The predicted molar refractivity (Wildman–Crippen MR) is 93.4 cm³/mol. The lowest BCUT2D eigenvalue weighted by Crippen LogP contribution is -2.34. The highest BCUT2D eigenvalue weighted by Crippen LogP contribution is 2.10. The normalized spacial score (nSPS) is 10.2. The summed E-state index contributed by atoms with van der Waals surface area (Å²) in [4.78, 5) is 35.8. The van der Waals surface area contributed by atoms with Gasteiger partial charge in [0.1, 0.15) is 5.69 Å². The number of carbonyl (C=O) groups is 3. The van der Waals surface area contributed by atoms with Crippen LogP contribution in [-0.2, 0) is 11.3 Å². The lowest BCUT2D eigenvalue weighted by molar-refractivity contribution is -0.115. The molecule has 1 aromatic heterocycles. The highest BCUT2D eigenvalue weighted by atomic mass is 16.2. The van der Waals surface area contributed by atoms with Crippen molar-refractivity contribution in [2.45, 2.75) is 20.4 Å². The lowest BCUT2D eigenvalue weighted by atomic mass is 10.2. The highest BCUT2D eigenvalue weighted by Gasteiger charge is 2.14. The molecule has 2 aromatic rings. The van der Waals surface area contributed by atoms with Gasteiger partial charge in [-0.2, -0.15) is 5.10 Å². The maximum Gasteiger partial charge on any atom is 0.269 e. The first-order valence-electron chi connectivity index (χ1n) is 7.89. The molecule has 0 aliphatic carbocycles. The molecule has 0 bridgehead atoms. The molecule has 0 aliphatic rings. The summed E-state index contributed by atoms with van der Waals surface area (Å²) < 4.78 is 1.58. The highest BCUT2D eigenvalue weighted by molar-refractivity contribution is 6.00. The van der Waals surface area contributed by atoms with Crippen LogP contribution in [0, 0.1) is 6.92 Å². The second-order valence-corrected chi connectivity index (χ2v) is 5.38. The summed E-state index contributed by atoms with van der Waals surface area (Å²) in [5.74, 6) is -0.994. The Balaban J connectivity index is 1.94. The minimum atomic E-state index is -0.387. The molecule has 0 saturated heterocycles. The molecule has 0 saturated carbocycles. The Morgan fingerprint density at radius 1 is 1.16 bits per heavy atom. The Bertz CT molecular complexity index is 797. The Labute approximate surface area is 145 Å². The van der Waals surface area contributed by atoms with Crippen molar-refractivity contribution in [2.24, 2.45) is 0 Å². The number of aromatic nitrogens is 2. The van der Waals surface area contributed by atoms with Crippen LogP contribution in [0.5, 0.6) is 0 Å². The zero-order valence-electron chi connectivity index (χ0n) is 14.4. The van der Waals surface area contributed by atoms with Crippen LogP contribution in [0.1, 0.15) is 33.5 Å². The van der Waals surface area contributed by atoms with Crippen molar-refractivity contribution in [3.63, 3.8) is 0 Å². The molecule has 8 heteroatoms. The van der Waals surface area contributed by atoms with Crippen LogP contribution in [0.4, 0.5) is 5.69 Å². The van der Waals surface area contributed by atoms with Gasteiger partial charge in [0.15, 0.2) is 0 Å². The molecule has 0 fully saturated rings. The summed E-state index contributed by atoms with van der Waals surface area (Å²) in [6, 6.07) is 8.21. The average molecular weight is 343 g/mol. The van der Waals surface area contributed by atoms with Crippen molar-refractivity contribution >= 4 is 23.4 Å². The number of nitrogens with one attached hydrogen (secondary N) is 3. The second kappa shape index (κ2) is 8.09. The molecule has 1 heterocycles. The molecule has 25 heavy (non-hydrogen) atoms. The van der Waals surface area contributed by atoms with Gasteiger partial charge in [-0.05, 0) is 38.1 Å². The van der Waals surface area contributed by atoms with E-state index >= 15 is 0 Å². The summed E-state index contributed by atoms with van der Waals surface area (Å²) in [7, 11) is 1.53. The second-order valence-electron chi connectivity index (χ2n) is 5.38. The monoisotopic (exact) mass is 343 g/mol. The molecule has 3 N–H and O–H groups in total. The van der Waals surface area contributed by atoms with Gasteiger partial charge in [-0.25, -0.2) is 0 Å². The fraction of sp³-hybridized carbons (Fsp3) is 0.294. The fourth-order valence-corrected chi connectivity index (χ4v) is 2.31. The third kappa shape index (κ3) is 4.66. The number of hydrogen-bond donors (Lipinski definition) is 3. The van der Waals surface area contributed by atoms with Gasteiger partial charge in [-0.1, -0.05) is 6.07 Å².